The number of morpholine rings is 1. The number of halogens is 2. The van der Waals surface area contributed by atoms with Gasteiger partial charge in [0.25, 0.3) is 0 Å². The molecular formula is C18H26FIN4O2. The summed E-state index contributed by atoms with van der Waals surface area (Å²) in [5.41, 5.74) is 7.48. The number of hydrogen-bond acceptors (Lipinski definition) is 4. The maximum Gasteiger partial charge on any atom is 0.189 e. The lowest BCUT2D eigenvalue weighted by Crippen LogP contribution is -2.39. The maximum absolute atomic E-state index is 13.3. The fourth-order valence-electron chi connectivity index (χ4n) is 2.95. The van der Waals surface area contributed by atoms with Crippen molar-refractivity contribution in [2.45, 2.75) is 19.9 Å². The van der Waals surface area contributed by atoms with Crippen molar-refractivity contribution in [3.8, 4) is 0 Å². The zero-order valence-corrected chi connectivity index (χ0v) is 17.3. The standard InChI is InChI=1S/C18H25FN4O2.HI/c1-13-15-11-14(19)3-4-16(15)25-17(13)12-22-18(20)21-5-2-6-23-7-9-24-10-8-23;/h3-4,11H,2,5-10,12H2,1H3,(H3,20,21,22);1H. The number of nitrogens with one attached hydrogen (secondary N) is 1. The van der Waals surface area contributed by atoms with Gasteiger partial charge in [-0.3, -0.25) is 4.90 Å². The monoisotopic (exact) mass is 476 g/mol. The van der Waals surface area contributed by atoms with Crippen LogP contribution in [0.3, 0.4) is 0 Å². The minimum Gasteiger partial charge on any atom is -0.459 e. The van der Waals surface area contributed by atoms with E-state index < -0.39 is 0 Å². The quantitative estimate of drug-likeness (QED) is 0.290. The molecule has 0 amide bonds. The van der Waals surface area contributed by atoms with E-state index in [9.17, 15) is 4.39 Å². The fraction of sp³-hybridized carbons (Fsp3) is 0.500. The molecule has 0 atom stereocenters. The average Bonchev–Trinajstić information content (AvgIpc) is 2.93. The highest BCUT2D eigenvalue weighted by molar-refractivity contribution is 14.0. The van der Waals surface area contributed by atoms with E-state index in [1.165, 1.54) is 12.1 Å². The van der Waals surface area contributed by atoms with E-state index in [0.717, 1.165) is 56.8 Å². The smallest absolute Gasteiger partial charge is 0.189 e. The van der Waals surface area contributed by atoms with Crippen LogP contribution in [0, 0.1) is 12.7 Å². The molecule has 1 fully saturated rings. The third kappa shape index (κ3) is 5.55. The Morgan fingerprint density at radius 1 is 1.35 bits per heavy atom. The zero-order chi connectivity index (χ0) is 17.6. The van der Waals surface area contributed by atoms with Gasteiger partial charge in [-0.1, -0.05) is 0 Å². The van der Waals surface area contributed by atoms with E-state index >= 15 is 0 Å². The second kappa shape index (κ2) is 10.1. The molecule has 0 spiro atoms. The molecule has 3 rings (SSSR count). The first-order valence-corrected chi connectivity index (χ1v) is 8.65. The summed E-state index contributed by atoms with van der Waals surface area (Å²) in [6, 6.07) is 4.51. The summed E-state index contributed by atoms with van der Waals surface area (Å²) in [7, 11) is 0. The van der Waals surface area contributed by atoms with Crippen LogP contribution in [0.4, 0.5) is 4.39 Å². The second-order valence-electron chi connectivity index (χ2n) is 6.23. The molecule has 0 saturated carbocycles. The van der Waals surface area contributed by atoms with Crippen molar-refractivity contribution >= 4 is 40.9 Å². The van der Waals surface area contributed by atoms with E-state index in [2.05, 4.69) is 15.2 Å². The van der Waals surface area contributed by atoms with E-state index in [1.54, 1.807) is 6.07 Å². The molecule has 8 heteroatoms. The molecule has 0 aliphatic carbocycles. The first-order valence-electron chi connectivity index (χ1n) is 8.65. The SMILES string of the molecule is Cc1c(CN=C(N)NCCCN2CCOCC2)oc2ccc(F)cc12.I. The summed E-state index contributed by atoms with van der Waals surface area (Å²) in [4.78, 5) is 6.70. The molecule has 3 N–H and O–H groups in total. The average molecular weight is 476 g/mol. The number of benzene rings is 1. The van der Waals surface area contributed by atoms with Gasteiger partial charge in [-0.15, -0.1) is 24.0 Å². The van der Waals surface area contributed by atoms with Gasteiger partial charge < -0.3 is 20.2 Å². The van der Waals surface area contributed by atoms with E-state index in [-0.39, 0.29) is 29.8 Å². The topological polar surface area (TPSA) is 76.0 Å². The van der Waals surface area contributed by atoms with Crippen LogP contribution in [0.5, 0.6) is 0 Å². The molecule has 2 aromatic rings. The first-order chi connectivity index (χ1) is 12.1. The normalized spacial score (nSPS) is 15.8. The number of ether oxygens (including phenoxy) is 1. The lowest BCUT2D eigenvalue weighted by atomic mass is 10.1. The molecule has 0 unspecified atom stereocenters. The highest BCUT2D eigenvalue weighted by Crippen LogP contribution is 2.26. The van der Waals surface area contributed by atoms with Crippen molar-refractivity contribution in [3.05, 3.63) is 35.3 Å². The van der Waals surface area contributed by atoms with Gasteiger partial charge in [0.1, 0.15) is 23.7 Å². The predicted molar refractivity (Wildman–Crippen MR) is 112 cm³/mol. The van der Waals surface area contributed by atoms with Crippen molar-refractivity contribution in [2.75, 3.05) is 39.4 Å². The summed E-state index contributed by atoms with van der Waals surface area (Å²) >= 11 is 0. The number of aryl methyl sites for hydroxylation is 1. The van der Waals surface area contributed by atoms with Gasteiger partial charge in [0.05, 0.1) is 13.2 Å². The molecule has 1 aliphatic heterocycles. The number of rotatable bonds is 6. The van der Waals surface area contributed by atoms with Crippen LogP contribution >= 0.6 is 24.0 Å². The molecular weight excluding hydrogens is 450 g/mol. The first kappa shape index (κ1) is 20.9. The fourth-order valence-corrected chi connectivity index (χ4v) is 2.95. The van der Waals surface area contributed by atoms with Crippen LogP contribution in [-0.2, 0) is 11.3 Å². The number of fused-ring (bicyclic) bond motifs is 1. The molecule has 1 aromatic heterocycles. The Morgan fingerprint density at radius 3 is 2.88 bits per heavy atom. The summed E-state index contributed by atoms with van der Waals surface area (Å²) in [5.74, 6) is 0.833. The molecule has 26 heavy (non-hydrogen) atoms. The molecule has 0 bridgehead atoms. The predicted octanol–water partition coefficient (Wildman–Crippen LogP) is 2.62. The molecule has 0 radical (unpaired) electrons. The maximum atomic E-state index is 13.3. The summed E-state index contributed by atoms with van der Waals surface area (Å²) in [6.45, 7) is 7.67. The Bertz CT molecular complexity index is 744. The van der Waals surface area contributed by atoms with Crippen molar-refractivity contribution in [1.82, 2.24) is 10.2 Å². The number of nitrogens with two attached hydrogens (primary N) is 1. The van der Waals surface area contributed by atoms with Crippen LogP contribution in [0.1, 0.15) is 17.7 Å². The van der Waals surface area contributed by atoms with Crippen LogP contribution in [0.2, 0.25) is 0 Å². The highest BCUT2D eigenvalue weighted by atomic mass is 127. The summed E-state index contributed by atoms with van der Waals surface area (Å²) in [5, 5.41) is 3.90. The second-order valence-corrected chi connectivity index (χ2v) is 6.23. The van der Waals surface area contributed by atoms with Crippen molar-refractivity contribution in [3.63, 3.8) is 0 Å². The third-order valence-electron chi connectivity index (χ3n) is 4.45. The number of furan rings is 1. The summed E-state index contributed by atoms with van der Waals surface area (Å²) in [6.07, 6.45) is 0.999. The van der Waals surface area contributed by atoms with Gasteiger partial charge in [0.15, 0.2) is 5.96 Å². The lowest BCUT2D eigenvalue weighted by Gasteiger charge is -2.26. The Morgan fingerprint density at radius 2 is 2.12 bits per heavy atom. The Hall–Kier alpha value is -1.39. The zero-order valence-electron chi connectivity index (χ0n) is 15.0. The van der Waals surface area contributed by atoms with Crippen LogP contribution in [-0.4, -0.2) is 50.3 Å². The molecule has 1 aliphatic rings. The number of hydrogen-bond donors (Lipinski definition) is 2. The van der Waals surface area contributed by atoms with E-state index in [0.29, 0.717) is 23.8 Å². The molecule has 1 saturated heterocycles. The molecule has 144 valence electrons. The van der Waals surface area contributed by atoms with Crippen molar-refractivity contribution in [2.24, 2.45) is 10.7 Å². The minimum absolute atomic E-state index is 0. The Balaban J connectivity index is 0.00000243. The van der Waals surface area contributed by atoms with Crippen LogP contribution in [0.25, 0.3) is 11.0 Å². The van der Waals surface area contributed by atoms with Gasteiger partial charge in [0.2, 0.25) is 0 Å². The number of nitrogens with zero attached hydrogens (tertiary/aromatic N) is 2. The largest absolute Gasteiger partial charge is 0.459 e. The Kier molecular flexibility index (Phi) is 8.11. The third-order valence-corrected chi connectivity index (χ3v) is 4.45. The molecule has 1 aromatic carbocycles. The van der Waals surface area contributed by atoms with E-state index in [1.807, 2.05) is 6.92 Å². The minimum atomic E-state index is -0.270. The van der Waals surface area contributed by atoms with Gasteiger partial charge in [-0.05, 0) is 38.1 Å². The van der Waals surface area contributed by atoms with Crippen LogP contribution in [0.15, 0.2) is 27.6 Å². The molecule has 6 nitrogen and oxygen atoms in total. The van der Waals surface area contributed by atoms with Crippen LogP contribution < -0.4 is 11.1 Å². The Labute approximate surface area is 170 Å². The van der Waals surface area contributed by atoms with Gasteiger partial charge in [0, 0.05) is 30.6 Å². The summed E-state index contributed by atoms with van der Waals surface area (Å²) < 4.78 is 24.4. The van der Waals surface area contributed by atoms with Gasteiger partial charge in [-0.25, -0.2) is 9.38 Å². The van der Waals surface area contributed by atoms with Gasteiger partial charge >= 0.3 is 0 Å². The van der Waals surface area contributed by atoms with Crippen molar-refractivity contribution < 1.29 is 13.5 Å². The van der Waals surface area contributed by atoms with E-state index in [4.69, 9.17) is 14.9 Å². The van der Waals surface area contributed by atoms with Crippen molar-refractivity contribution in [1.29, 1.82) is 0 Å². The lowest BCUT2D eigenvalue weighted by molar-refractivity contribution is 0.0376. The number of guanidine groups is 1. The highest BCUT2D eigenvalue weighted by Gasteiger charge is 2.11. The number of aliphatic imine (C=N–C) groups is 1. The molecule has 2 heterocycles. The van der Waals surface area contributed by atoms with Gasteiger partial charge in [-0.2, -0.15) is 0 Å².